The number of hydrogen-bond donors (Lipinski definition) is 3. The van der Waals surface area contributed by atoms with Crippen LogP contribution in [0.25, 0.3) is 43.8 Å². The molecule has 45 heavy (non-hydrogen) atoms. The number of methoxy groups -OCH3 is 1. The minimum Gasteiger partial charge on any atom is -0.507 e. The molecular weight excluding hydrogens is 568 g/mol. The molecule has 0 unspecified atom stereocenters. The molecule has 0 atom stereocenters. The third-order valence-corrected chi connectivity index (χ3v) is 7.23. The second kappa shape index (κ2) is 12.7. The maximum Gasteiger partial charge on any atom is 0.341 e. The number of phenolic OH excluding ortho intramolecular Hbond substituents is 1. The predicted molar refractivity (Wildman–Crippen MR) is 170 cm³/mol. The molecular formula is C37H24N2O6. The summed E-state index contributed by atoms with van der Waals surface area (Å²) in [4.78, 5) is 22.5. The zero-order valence-electron chi connectivity index (χ0n) is 23.9. The third-order valence-electron chi connectivity index (χ3n) is 7.23. The summed E-state index contributed by atoms with van der Waals surface area (Å²) in [7, 11) is 1.26. The van der Waals surface area contributed by atoms with Crippen molar-refractivity contribution < 1.29 is 29.6 Å². The van der Waals surface area contributed by atoms with Gasteiger partial charge in [0, 0.05) is 0 Å². The van der Waals surface area contributed by atoms with Gasteiger partial charge in [-0.1, -0.05) is 60.7 Å². The van der Waals surface area contributed by atoms with Gasteiger partial charge in [-0.3, -0.25) is 0 Å². The van der Waals surface area contributed by atoms with Crippen molar-refractivity contribution in [1.29, 1.82) is 10.5 Å². The van der Waals surface area contributed by atoms with Crippen molar-refractivity contribution in [3.05, 3.63) is 131 Å². The van der Waals surface area contributed by atoms with E-state index in [1.165, 1.54) is 31.4 Å². The van der Waals surface area contributed by atoms with Gasteiger partial charge in [0.05, 0.1) is 30.4 Å². The molecule has 8 heteroatoms. The van der Waals surface area contributed by atoms with E-state index in [2.05, 4.69) is 16.9 Å². The van der Waals surface area contributed by atoms with E-state index in [0.29, 0.717) is 16.7 Å². The average Bonchev–Trinajstić information content (AvgIpc) is 3.06. The van der Waals surface area contributed by atoms with Crippen molar-refractivity contribution in [2.45, 2.75) is 0 Å². The van der Waals surface area contributed by atoms with Gasteiger partial charge in [0.25, 0.3) is 0 Å². The highest BCUT2D eigenvalue weighted by atomic mass is 16.5. The molecule has 3 N–H and O–H groups in total. The Hall–Kier alpha value is -6.64. The van der Waals surface area contributed by atoms with Gasteiger partial charge in [0.1, 0.15) is 22.6 Å². The normalized spacial score (nSPS) is 10.3. The summed E-state index contributed by atoms with van der Waals surface area (Å²) < 4.78 is 4.63. The van der Waals surface area contributed by atoms with E-state index in [1.54, 1.807) is 30.3 Å². The number of carboxylic acids is 1. The Balaban J connectivity index is 0.000000178. The number of aromatic hydroxyl groups is 2. The van der Waals surface area contributed by atoms with Crippen LogP contribution in [0, 0.1) is 22.7 Å². The molecule has 0 saturated carbocycles. The summed E-state index contributed by atoms with van der Waals surface area (Å²) in [6, 6.07) is 35.9. The quantitative estimate of drug-likeness (QED) is 0.177. The lowest BCUT2D eigenvalue weighted by atomic mass is 9.95. The van der Waals surface area contributed by atoms with Gasteiger partial charge < -0.3 is 20.1 Å². The van der Waals surface area contributed by atoms with E-state index in [4.69, 9.17) is 10.4 Å². The molecule has 6 aromatic carbocycles. The molecule has 0 saturated heterocycles. The number of esters is 1. The Kier molecular flexibility index (Phi) is 8.42. The highest BCUT2D eigenvalue weighted by molar-refractivity contribution is 6.00. The van der Waals surface area contributed by atoms with Crippen molar-refractivity contribution in [3.8, 4) is 45.9 Å². The van der Waals surface area contributed by atoms with Crippen LogP contribution in [0.15, 0.2) is 109 Å². The number of benzene rings is 6. The fourth-order valence-corrected chi connectivity index (χ4v) is 5.09. The Morgan fingerprint density at radius 3 is 1.47 bits per heavy atom. The zero-order valence-corrected chi connectivity index (χ0v) is 23.9. The fourth-order valence-electron chi connectivity index (χ4n) is 5.09. The highest BCUT2D eigenvalue weighted by Crippen LogP contribution is 2.34. The van der Waals surface area contributed by atoms with Gasteiger partial charge in [-0.05, 0) is 92.3 Å². The average molecular weight is 593 g/mol. The van der Waals surface area contributed by atoms with Gasteiger partial charge in [-0.2, -0.15) is 10.5 Å². The van der Waals surface area contributed by atoms with Gasteiger partial charge in [-0.25, -0.2) is 9.59 Å². The number of nitriles is 2. The van der Waals surface area contributed by atoms with Crippen molar-refractivity contribution in [2.75, 3.05) is 7.11 Å². The van der Waals surface area contributed by atoms with Crippen LogP contribution in [0.1, 0.15) is 31.8 Å². The van der Waals surface area contributed by atoms with Gasteiger partial charge in [0.2, 0.25) is 0 Å². The largest absolute Gasteiger partial charge is 0.507 e. The summed E-state index contributed by atoms with van der Waals surface area (Å²) in [6.45, 7) is 0. The number of nitrogens with zero attached hydrogens (tertiary/aromatic N) is 2. The predicted octanol–water partition coefficient (Wildman–Crippen LogP) is 7.65. The number of fused-ring (bicyclic) bond motifs is 2. The second-order valence-corrected chi connectivity index (χ2v) is 9.97. The number of carbonyl (C=O) groups is 2. The van der Waals surface area contributed by atoms with E-state index in [0.717, 1.165) is 38.2 Å². The second-order valence-electron chi connectivity index (χ2n) is 9.97. The molecule has 0 bridgehead atoms. The monoisotopic (exact) mass is 592 g/mol. The maximum absolute atomic E-state index is 11.6. The summed E-state index contributed by atoms with van der Waals surface area (Å²) in [6.07, 6.45) is 0. The highest BCUT2D eigenvalue weighted by Gasteiger charge is 2.15. The van der Waals surface area contributed by atoms with Crippen LogP contribution in [0.5, 0.6) is 11.5 Å². The van der Waals surface area contributed by atoms with Crippen molar-refractivity contribution in [3.63, 3.8) is 0 Å². The summed E-state index contributed by atoms with van der Waals surface area (Å²) in [5.74, 6) is -2.22. The first-order chi connectivity index (χ1) is 21.7. The van der Waals surface area contributed by atoms with Crippen molar-refractivity contribution >= 4 is 33.5 Å². The number of carboxylic acid groups (broad SMARTS) is 1. The number of aromatic carboxylic acids is 1. The number of ether oxygens (including phenoxy) is 1. The Bertz CT molecular complexity index is 2210. The molecule has 0 radical (unpaired) electrons. The summed E-state index contributed by atoms with van der Waals surface area (Å²) in [5.41, 5.74) is 4.00. The van der Waals surface area contributed by atoms with Gasteiger partial charge in [-0.15, -0.1) is 0 Å². The molecule has 8 nitrogen and oxygen atoms in total. The third kappa shape index (κ3) is 6.12. The Morgan fingerprint density at radius 1 is 0.622 bits per heavy atom. The molecule has 0 heterocycles. The molecule has 0 spiro atoms. The minimum absolute atomic E-state index is 0.108. The van der Waals surface area contributed by atoms with Gasteiger partial charge >= 0.3 is 11.9 Å². The first kappa shape index (κ1) is 29.8. The topological polar surface area (TPSA) is 152 Å². The number of hydrogen-bond acceptors (Lipinski definition) is 7. The van der Waals surface area contributed by atoms with Crippen LogP contribution in [-0.2, 0) is 4.74 Å². The van der Waals surface area contributed by atoms with Gasteiger partial charge in [0.15, 0.2) is 0 Å². The van der Waals surface area contributed by atoms with Crippen molar-refractivity contribution in [1.82, 2.24) is 0 Å². The molecule has 0 fully saturated rings. The van der Waals surface area contributed by atoms with Crippen LogP contribution < -0.4 is 0 Å². The standard InChI is InChI=1S/C19H13NO3.C18H11NO3/c1-23-19(22)16-7-6-14(10-18(16)21)17-9-12(11-20)8-13-4-2-3-5-15(13)17;19-10-11-7-12-3-1-2-4-14(12)16(8-11)13-5-6-15(18(21)22)17(20)9-13/h2-10,21H,1H3;1-9,20H,(H,21,22). The van der Waals surface area contributed by atoms with Crippen molar-refractivity contribution in [2.24, 2.45) is 0 Å². The van der Waals surface area contributed by atoms with E-state index in [9.17, 15) is 25.1 Å². The molecule has 0 aromatic heterocycles. The lowest BCUT2D eigenvalue weighted by molar-refractivity contribution is 0.0596. The number of phenols is 2. The molecule has 0 aliphatic heterocycles. The molecule has 6 rings (SSSR count). The minimum atomic E-state index is -1.18. The lowest BCUT2D eigenvalue weighted by Crippen LogP contribution is -2.01. The van der Waals surface area contributed by atoms with E-state index in [1.807, 2.05) is 54.6 Å². The zero-order chi connectivity index (χ0) is 32.1. The van der Waals surface area contributed by atoms with Crippen LogP contribution in [-0.4, -0.2) is 34.4 Å². The summed E-state index contributed by atoms with van der Waals surface area (Å²) >= 11 is 0. The molecule has 0 aliphatic carbocycles. The molecule has 218 valence electrons. The Morgan fingerprint density at radius 2 is 1.07 bits per heavy atom. The van der Waals surface area contributed by atoms with Crippen LogP contribution in [0.3, 0.4) is 0 Å². The molecule has 0 amide bonds. The fraction of sp³-hybridized carbons (Fsp3) is 0.0270. The Labute approximate surface area is 257 Å². The SMILES string of the molecule is COC(=O)c1ccc(-c2cc(C#N)cc3ccccc23)cc1O.N#Cc1cc(-c2ccc(C(=O)O)c(O)c2)c2ccccc2c1. The molecule has 6 aromatic rings. The van der Waals surface area contributed by atoms with Crippen LogP contribution in [0.4, 0.5) is 0 Å². The lowest BCUT2D eigenvalue weighted by Gasteiger charge is -2.10. The van der Waals surface area contributed by atoms with Crippen LogP contribution in [0.2, 0.25) is 0 Å². The molecule has 0 aliphatic rings. The maximum atomic E-state index is 11.6. The summed E-state index contributed by atoms with van der Waals surface area (Å²) in [5, 5.41) is 51.1. The van der Waals surface area contributed by atoms with E-state index in [-0.39, 0.29) is 22.6 Å². The first-order valence-corrected chi connectivity index (χ1v) is 13.6. The van der Waals surface area contributed by atoms with E-state index < -0.39 is 11.9 Å². The van der Waals surface area contributed by atoms with E-state index >= 15 is 0 Å². The van der Waals surface area contributed by atoms with Crippen LogP contribution >= 0.6 is 0 Å². The number of rotatable bonds is 4. The first-order valence-electron chi connectivity index (χ1n) is 13.6. The number of carbonyl (C=O) groups excluding carboxylic acids is 1. The smallest absolute Gasteiger partial charge is 0.341 e.